The minimum atomic E-state index is -0.243. The zero-order valence-corrected chi connectivity index (χ0v) is 16.3. The molecule has 29 heavy (non-hydrogen) atoms. The first-order valence-corrected chi connectivity index (χ1v) is 9.87. The Kier molecular flexibility index (Phi) is 5.50. The second-order valence-electron chi connectivity index (χ2n) is 6.38. The molecule has 0 saturated heterocycles. The smallest absolute Gasteiger partial charge is 0.262 e. The van der Waals surface area contributed by atoms with E-state index in [9.17, 15) is 4.79 Å². The summed E-state index contributed by atoms with van der Waals surface area (Å²) < 4.78 is 6.65. The quantitative estimate of drug-likeness (QED) is 0.492. The second kappa shape index (κ2) is 8.55. The molecule has 0 aliphatic heterocycles. The van der Waals surface area contributed by atoms with Crippen molar-refractivity contribution in [2.75, 3.05) is 11.9 Å². The predicted molar refractivity (Wildman–Crippen MR) is 115 cm³/mol. The number of hydrogen-bond donors (Lipinski definition) is 1. The van der Waals surface area contributed by atoms with Crippen molar-refractivity contribution >= 4 is 33.1 Å². The summed E-state index contributed by atoms with van der Waals surface area (Å²) in [5.74, 6) is 0.345. The number of hydrogen-bond acceptors (Lipinski definition) is 5. The molecule has 0 saturated carbocycles. The van der Waals surface area contributed by atoms with E-state index < -0.39 is 0 Å². The fourth-order valence-electron chi connectivity index (χ4n) is 2.87. The molecule has 1 aromatic heterocycles. The maximum Gasteiger partial charge on any atom is 0.262 e. The number of nitriles is 1. The van der Waals surface area contributed by atoms with Crippen molar-refractivity contribution in [3.05, 3.63) is 78.4 Å². The van der Waals surface area contributed by atoms with Gasteiger partial charge in [0.2, 0.25) is 0 Å². The van der Waals surface area contributed by atoms with E-state index in [1.54, 1.807) is 23.5 Å². The summed E-state index contributed by atoms with van der Waals surface area (Å²) in [5, 5.41) is 12.5. The minimum Gasteiger partial charge on any atom is -0.484 e. The number of nitrogens with one attached hydrogen (secondary N) is 1. The lowest BCUT2D eigenvalue weighted by Crippen LogP contribution is -2.20. The number of carbonyl (C=O) groups is 1. The lowest BCUT2D eigenvalue weighted by molar-refractivity contribution is -0.118. The Bertz CT molecular complexity index is 1160. The lowest BCUT2D eigenvalue weighted by atomic mass is 10.2. The first kappa shape index (κ1) is 18.7. The fourth-order valence-corrected chi connectivity index (χ4v) is 3.83. The molecule has 6 heteroatoms. The van der Waals surface area contributed by atoms with Crippen LogP contribution < -0.4 is 10.1 Å². The summed E-state index contributed by atoms with van der Waals surface area (Å²) in [7, 11) is 0. The SMILES string of the molecule is N#CCc1ccc(OCC(=O)Nc2cccc(-c3nc4ccccc4s3)c2)cc1. The van der Waals surface area contributed by atoms with Crippen LogP contribution in [-0.2, 0) is 11.2 Å². The van der Waals surface area contributed by atoms with Crippen molar-refractivity contribution in [3.8, 4) is 22.4 Å². The predicted octanol–water partition coefficient (Wildman–Crippen LogP) is 5.05. The van der Waals surface area contributed by atoms with Crippen molar-refractivity contribution < 1.29 is 9.53 Å². The zero-order chi connectivity index (χ0) is 20.1. The van der Waals surface area contributed by atoms with Crippen molar-refractivity contribution in [3.63, 3.8) is 0 Å². The van der Waals surface area contributed by atoms with Gasteiger partial charge >= 0.3 is 0 Å². The van der Waals surface area contributed by atoms with Gasteiger partial charge in [0.1, 0.15) is 10.8 Å². The Hall–Kier alpha value is -3.69. The second-order valence-corrected chi connectivity index (χ2v) is 7.41. The first-order valence-electron chi connectivity index (χ1n) is 9.06. The van der Waals surface area contributed by atoms with Crippen molar-refractivity contribution in [2.45, 2.75) is 6.42 Å². The Labute approximate surface area is 172 Å². The number of para-hydroxylation sites is 1. The van der Waals surface area contributed by atoms with Crippen LogP contribution in [0, 0.1) is 11.3 Å². The maximum atomic E-state index is 12.3. The van der Waals surface area contributed by atoms with Gasteiger partial charge in [-0.25, -0.2) is 4.98 Å². The number of rotatable bonds is 6. The molecule has 3 aromatic carbocycles. The molecule has 0 radical (unpaired) electrons. The fraction of sp³-hybridized carbons (Fsp3) is 0.0870. The van der Waals surface area contributed by atoms with E-state index in [0.29, 0.717) is 17.9 Å². The Morgan fingerprint density at radius 1 is 1.07 bits per heavy atom. The van der Waals surface area contributed by atoms with Gasteiger partial charge in [0, 0.05) is 11.3 Å². The van der Waals surface area contributed by atoms with Crippen LogP contribution in [0.1, 0.15) is 5.56 Å². The number of thiazole rings is 1. The van der Waals surface area contributed by atoms with Crippen LogP contribution in [0.3, 0.4) is 0 Å². The summed E-state index contributed by atoms with van der Waals surface area (Å²) in [6.07, 6.45) is 0.353. The van der Waals surface area contributed by atoms with Crippen molar-refractivity contribution in [1.82, 2.24) is 4.98 Å². The van der Waals surface area contributed by atoms with Gasteiger partial charge < -0.3 is 10.1 Å². The van der Waals surface area contributed by atoms with E-state index in [4.69, 9.17) is 10.00 Å². The van der Waals surface area contributed by atoms with Gasteiger partial charge in [0.15, 0.2) is 6.61 Å². The highest BCUT2D eigenvalue weighted by molar-refractivity contribution is 7.21. The largest absolute Gasteiger partial charge is 0.484 e. The molecule has 4 aromatic rings. The summed E-state index contributed by atoms with van der Waals surface area (Å²) in [4.78, 5) is 16.9. The third kappa shape index (κ3) is 4.60. The van der Waals surface area contributed by atoms with E-state index in [2.05, 4.69) is 16.4 Å². The molecule has 0 fully saturated rings. The molecule has 4 rings (SSSR count). The van der Waals surface area contributed by atoms with Crippen LogP contribution in [0.4, 0.5) is 5.69 Å². The third-order valence-electron chi connectivity index (χ3n) is 4.26. The van der Waals surface area contributed by atoms with E-state index >= 15 is 0 Å². The molecule has 0 aliphatic rings. The number of carbonyl (C=O) groups excluding carboxylic acids is 1. The first-order chi connectivity index (χ1) is 14.2. The van der Waals surface area contributed by atoms with Crippen LogP contribution in [0.15, 0.2) is 72.8 Å². The van der Waals surface area contributed by atoms with Gasteiger partial charge in [-0.05, 0) is 42.0 Å². The highest BCUT2D eigenvalue weighted by Crippen LogP contribution is 2.31. The molecule has 0 spiro atoms. The van der Waals surface area contributed by atoms with Gasteiger partial charge in [-0.3, -0.25) is 4.79 Å². The molecular formula is C23H17N3O2S. The molecule has 0 bridgehead atoms. The summed E-state index contributed by atoms with van der Waals surface area (Å²) in [6.45, 7) is -0.0943. The van der Waals surface area contributed by atoms with Gasteiger partial charge in [0.25, 0.3) is 5.91 Å². The molecular weight excluding hydrogens is 382 g/mol. The van der Waals surface area contributed by atoms with E-state index in [-0.39, 0.29) is 12.5 Å². The number of amides is 1. The summed E-state index contributed by atoms with van der Waals surface area (Å²) in [5.41, 5.74) is 3.53. The molecule has 1 amide bonds. The highest BCUT2D eigenvalue weighted by atomic mass is 32.1. The van der Waals surface area contributed by atoms with Crippen LogP contribution in [0.25, 0.3) is 20.8 Å². The minimum absolute atomic E-state index is 0.0943. The van der Waals surface area contributed by atoms with Crippen molar-refractivity contribution in [2.24, 2.45) is 0 Å². The Balaban J connectivity index is 1.39. The zero-order valence-electron chi connectivity index (χ0n) is 15.5. The topological polar surface area (TPSA) is 75.0 Å². The number of benzene rings is 3. The van der Waals surface area contributed by atoms with Gasteiger partial charge in [0.05, 0.1) is 22.7 Å². The lowest BCUT2D eigenvalue weighted by Gasteiger charge is -2.08. The molecule has 1 heterocycles. The summed E-state index contributed by atoms with van der Waals surface area (Å²) >= 11 is 1.62. The monoisotopic (exact) mass is 399 g/mol. The normalized spacial score (nSPS) is 10.4. The van der Waals surface area contributed by atoms with Crippen LogP contribution >= 0.6 is 11.3 Å². The number of nitrogens with zero attached hydrogens (tertiary/aromatic N) is 2. The maximum absolute atomic E-state index is 12.3. The number of ether oxygens (including phenoxy) is 1. The van der Waals surface area contributed by atoms with Crippen LogP contribution in [0.5, 0.6) is 5.75 Å². The number of anilines is 1. The van der Waals surface area contributed by atoms with Crippen LogP contribution in [0.2, 0.25) is 0 Å². The Morgan fingerprint density at radius 2 is 1.90 bits per heavy atom. The molecule has 0 aliphatic carbocycles. The average Bonchev–Trinajstić information content (AvgIpc) is 3.18. The van der Waals surface area contributed by atoms with Gasteiger partial charge in [-0.15, -0.1) is 11.3 Å². The molecule has 1 N–H and O–H groups in total. The third-order valence-corrected chi connectivity index (χ3v) is 5.35. The van der Waals surface area contributed by atoms with E-state index in [1.807, 2.05) is 60.7 Å². The molecule has 142 valence electrons. The molecule has 0 atom stereocenters. The Morgan fingerprint density at radius 3 is 2.69 bits per heavy atom. The standard InChI is InChI=1S/C23H17N3O2S/c24-13-12-16-8-10-19(11-9-16)28-15-22(27)25-18-5-3-4-17(14-18)23-26-20-6-1-2-7-21(20)29-23/h1-11,14H,12,15H2,(H,25,27). The molecule has 0 unspecified atom stereocenters. The number of fused-ring (bicyclic) bond motifs is 1. The van der Waals surface area contributed by atoms with Gasteiger partial charge in [-0.2, -0.15) is 5.26 Å². The van der Waals surface area contributed by atoms with E-state index in [1.165, 1.54) is 0 Å². The molecule has 5 nitrogen and oxygen atoms in total. The number of aromatic nitrogens is 1. The summed E-state index contributed by atoms with van der Waals surface area (Å²) in [6, 6.07) is 24.9. The van der Waals surface area contributed by atoms with Crippen LogP contribution in [-0.4, -0.2) is 17.5 Å². The average molecular weight is 399 g/mol. The highest BCUT2D eigenvalue weighted by Gasteiger charge is 2.08. The van der Waals surface area contributed by atoms with E-state index in [0.717, 1.165) is 26.4 Å². The van der Waals surface area contributed by atoms with Crippen molar-refractivity contribution in [1.29, 1.82) is 5.26 Å². The van der Waals surface area contributed by atoms with Gasteiger partial charge in [-0.1, -0.05) is 36.4 Å².